The van der Waals surface area contributed by atoms with Gasteiger partial charge in [-0.2, -0.15) is 0 Å². The van der Waals surface area contributed by atoms with Crippen molar-refractivity contribution in [2.75, 3.05) is 51.9 Å². The zero-order valence-electron chi connectivity index (χ0n) is 11.8. The SMILES string of the molecule is CNS(=O)(=O)c1ccc(N(C)CCN(C)C)cc1N. The number of hydrogen-bond acceptors (Lipinski definition) is 5. The first kappa shape index (κ1) is 15.7. The van der Waals surface area contributed by atoms with E-state index in [4.69, 9.17) is 5.73 Å². The van der Waals surface area contributed by atoms with E-state index in [1.807, 2.05) is 26.0 Å². The highest BCUT2D eigenvalue weighted by Gasteiger charge is 2.16. The number of likely N-dealkylation sites (N-methyl/N-ethyl adjacent to an activating group) is 2. The Kier molecular flexibility index (Phi) is 5.16. The molecule has 6 nitrogen and oxygen atoms in total. The summed E-state index contributed by atoms with van der Waals surface area (Å²) < 4.78 is 25.7. The summed E-state index contributed by atoms with van der Waals surface area (Å²) in [5, 5.41) is 0. The number of nitrogen functional groups attached to an aromatic ring is 1. The number of benzene rings is 1. The molecular weight excluding hydrogens is 264 g/mol. The second-order valence-corrected chi connectivity index (χ2v) is 6.51. The Labute approximate surface area is 115 Å². The van der Waals surface area contributed by atoms with Gasteiger partial charge in [0.2, 0.25) is 10.0 Å². The van der Waals surface area contributed by atoms with Crippen LogP contribution in [0.25, 0.3) is 0 Å². The minimum absolute atomic E-state index is 0.111. The largest absolute Gasteiger partial charge is 0.398 e. The van der Waals surface area contributed by atoms with Crippen LogP contribution in [0.4, 0.5) is 11.4 Å². The highest BCUT2D eigenvalue weighted by atomic mass is 32.2. The van der Waals surface area contributed by atoms with Gasteiger partial charge in [-0.3, -0.25) is 0 Å². The van der Waals surface area contributed by atoms with E-state index in [1.165, 1.54) is 13.1 Å². The topological polar surface area (TPSA) is 78.7 Å². The van der Waals surface area contributed by atoms with Gasteiger partial charge in [-0.05, 0) is 39.3 Å². The highest BCUT2D eigenvalue weighted by Crippen LogP contribution is 2.24. The van der Waals surface area contributed by atoms with Crippen LogP contribution in [0, 0.1) is 0 Å². The van der Waals surface area contributed by atoms with Crippen LogP contribution < -0.4 is 15.4 Å². The number of hydrogen-bond donors (Lipinski definition) is 2. The quantitative estimate of drug-likeness (QED) is 0.729. The van der Waals surface area contributed by atoms with E-state index in [2.05, 4.69) is 9.62 Å². The highest BCUT2D eigenvalue weighted by molar-refractivity contribution is 7.89. The molecule has 0 radical (unpaired) electrons. The van der Waals surface area contributed by atoms with Crippen LogP contribution in [0.2, 0.25) is 0 Å². The fourth-order valence-electron chi connectivity index (χ4n) is 1.61. The molecule has 3 N–H and O–H groups in total. The van der Waals surface area contributed by atoms with Crippen molar-refractivity contribution in [1.29, 1.82) is 0 Å². The van der Waals surface area contributed by atoms with Crippen LogP contribution in [-0.4, -0.2) is 54.6 Å². The molecule has 0 aromatic heterocycles. The lowest BCUT2D eigenvalue weighted by Gasteiger charge is -2.22. The molecular formula is C12H22N4O2S. The zero-order valence-corrected chi connectivity index (χ0v) is 12.7. The van der Waals surface area contributed by atoms with E-state index in [1.54, 1.807) is 12.1 Å². The van der Waals surface area contributed by atoms with Gasteiger partial charge < -0.3 is 15.5 Å². The first-order valence-corrected chi connectivity index (χ1v) is 7.45. The number of nitrogens with zero attached hydrogens (tertiary/aromatic N) is 2. The van der Waals surface area contributed by atoms with Crippen molar-refractivity contribution >= 4 is 21.4 Å². The Morgan fingerprint density at radius 2 is 1.84 bits per heavy atom. The predicted octanol–water partition coefficient (Wildman–Crippen LogP) is 0.175. The van der Waals surface area contributed by atoms with E-state index in [0.717, 1.165) is 18.8 Å². The molecule has 0 spiro atoms. The van der Waals surface area contributed by atoms with Crippen LogP contribution in [-0.2, 0) is 10.0 Å². The molecule has 0 heterocycles. The Hall–Kier alpha value is -1.31. The van der Waals surface area contributed by atoms with Crippen molar-refractivity contribution in [3.05, 3.63) is 18.2 Å². The molecule has 0 saturated carbocycles. The standard InChI is InChI=1S/C12H22N4O2S/c1-14-19(17,18)12-6-5-10(9-11(12)13)16(4)8-7-15(2)3/h5-6,9,14H,7-8,13H2,1-4H3. The average molecular weight is 286 g/mol. The lowest BCUT2D eigenvalue weighted by atomic mass is 10.2. The number of sulfonamides is 1. The molecule has 0 atom stereocenters. The monoisotopic (exact) mass is 286 g/mol. The van der Waals surface area contributed by atoms with E-state index in [-0.39, 0.29) is 10.6 Å². The molecule has 1 aromatic carbocycles. The molecule has 0 fully saturated rings. The molecule has 0 aliphatic carbocycles. The summed E-state index contributed by atoms with van der Waals surface area (Å²) in [6.07, 6.45) is 0. The molecule has 0 unspecified atom stereocenters. The van der Waals surface area contributed by atoms with Crippen molar-refractivity contribution in [2.45, 2.75) is 4.90 Å². The maximum atomic E-state index is 11.7. The molecule has 19 heavy (non-hydrogen) atoms. The molecule has 0 aliphatic rings. The van der Waals surface area contributed by atoms with Crippen molar-refractivity contribution in [3.63, 3.8) is 0 Å². The molecule has 1 aromatic rings. The van der Waals surface area contributed by atoms with Crippen LogP contribution >= 0.6 is 0 Å². The molecule has 0 bridgehead atoms. The van der Waals surface area contributed by atoms with Gasteiger partial charge in [0.05, 0.1) is 5.69 Å². The molecule has 0 saturated heterocycles. The first-order chi connectivity index (χ1) is 8.77. The van der Waals surface area contributed by atoms with Gasteiger partial charge in [0.1, 0.15) is 4.90 Å². The fourth-order valence-corrected chi connectivity index (χ4v) is 2.44. The fraction of sp³-hybridized carbons (Fsp3) is 0.500. The van der Waals surface area contributed by atoms with Crippen LogP contribution in [0.1, 0.15) is 0 Å². The smallest absolute Gasteiger partial charge is 0.242 e. The average Bonchev–Trinajstić information content (AvgIpc) is 2.35. The third kappa shape index (κ3) is 4.09. The van der Waals surface area contributed by atoms with Gasteiger partial charge in [-0.1, -0.05) is 0 Å². The van der Waals surface area contributed by atoms with Crippen LogP contribution in [0.15, 0.2) is 23.1 Å². The number of nitrogens with one attached hydrogen (secondary N) is 1. The molecule has 7 heteroatoms. The molecule has 0 aliphatic heterocycles. The Morgan fingerprint density at radius 3 is 2.32 bits per heavy atom. The first-order valence-electron chi connectivity index (χ1n) is 5.97. The lowest BCUT2D eigenvalue weighted by molar-refractivity contribution is 0.416. The summed E-state index contributed by atoms with van der Waals surface area (Å²) in [7, 11) is 3.83. The summed E-state index contributed by atoms with van der Waals surface area (Å²) in [4.78, 5) is 4.23. The number of rotatable bonds is 6. The second-order valence-electron chi connectivity index (χ2n) is 4.65. The van der Waals surface area contributed by atoms with Crippen molar-refractivity contribution in [3.8, 4) is 0 Å². The van der Waals surface area contributed by atoms with E-state index in [9.17, 15) is 8.42 Å². The van der Waals surface area contributed by atoms with Gasteiger partial charge in [-0.15, -0.1) is 0 Å². The van der Waals surface area contributed by atoms with E-state index < -0.39 is 10.0 Å². The normalized spacial score (nSPS) is 11.8. The Bertz CT molecular complexity index is 529. The number of anilines is 2. The minimum atomic E-state index is -3.50. The summed E-state index contributed by atoms with van der Waals surface area (Å²) >= 11 is 0. The zero-order chi connectivity index (χ0) is 14.6. The summed E-state index contributed by atoms with van der Waals surface area (Å²) in [5.41, 5.74) is 6.97. The Balaban J connectivity index is 2.94. The van der Waals surface area contributed by atoms with Gasteiger partial charge in [0, 0.05) is 25.8 Å². The van der Waals surface area contributed by atoms with E-state index >= 15 is 0 Å². The van der Waals surface area contributed by atoms with Crippen LogP contribution in [0.5, 0.6) is 0 Å². The lowest BCUT2D eigenvalue weighted by Crippen LogP contribution is -2.28. The molecule has 108 valence electrons. The second kappa shape index (κ2) is 6.23. The van der Waals surface area contributed by atoms with E-state index in [0.29, 0.717) is 0 Å². The summed E-state index contributed by atoms with van der Waals surface area (Å²) in [6, 6.07) is 4.97. The van der Waals surface area contributed by atoms with Gasteiger partial charge in [-0.25, -0.2) is 13.1 Å². The van der Waals surface area contributed by atoms with Gasteiger partial charge in [0.15, 0.2) is 0 Å². The van der Waals surface area contributed by atoms with Crippen molar-refractivity contribution < 1.29 is 8.42 Å². The third-order valence-corrected chi connectivity index (χ3v) is 4.36. The Morgan fingerprint density at radius 1 is 1.21 bits per heavy atom. The maximum absolute atomic E-state index is 11.7. The van der Waals surface area contributed by atoms with Crippen LogP contribution in [0.3, 0.4) is 0 Å². The molecule has 0 amide bonds. The predicted molar refractivity (Wildman–Crippen MR) is 78.9 cm³/mol. The van der Waals surface area contributed by atoms with Gasteiger partial charge >= 0.3 is 0 Å². The minimum Gasteiger partial charge on any atom is -0.398 e. The third-order valence-electron chi connectivity index (χ3n) is 2.88. The number of nitrogens with two attached hydrogens (primary N) is 1. The van der Waals surface area contributed by atoms with Gasteiger partial charge in [0.25, 0.3) is 0 Å². The van der Waals surface area contributed by atoms with Crippen molar-refractivity contribution in [1.82, 2.24) is 9.62 Å². The molecule has 1 rings (SSSR count). The van der Waals surface area contributed by atoms with Crippen molar-refractivity contribution in [2.24, 2.45) is 0 Å². The maximum Gasteiger partial charge on any atom is 0.242 e. The summed E-state index contributed by atoms with van der Waals surface area (Å²) in [6.45, 7) is 1.75. The summed E-state index contributed by atoms with van der Waals surface area (Å²) in [5.74, 6) is 0.